The Labute approximate surface area is 108 Å². The fourth-order valence-electron chi connectivity index (χ4n) is 2.30. The summed E-state index contributed by atoms with van der Waals surface area (Å²) in [7, 11) is 4.01. The van der Waals surface area contributed by atoms with Gasteiger partial charge in [0.2, 0.25) is 0 Å². The highest BCUT2D eigenvalue weighted by molar-refractivity contribution is 5.14. The number of aryl methyl sites for hydroxylation is 3. The van der Waals surface area contributed by atoms with Crippen LogP contribution in [-0.4, -0.2) is 26.4 Å². The minimum atomic E-state index is 0.263. The van der Waals surface area contributed by atoms with Crippen LogP contribution in [0.5, 0.6) is 0 Å². The number of nitrogens with one attached hydrogen (secondary N) is 1. The topological polar surface area (TPSA) is 47.7 Å². The van der Waals surface area contributed by atoms with Crippen molar-refractivity contribution in [3.63, 3.8) is 0 Å². The number of nitrogens with zero attached hydrogens (tertiary/aromatic N) is 4. The molecule has 0 aliphatic heterocycles. The highest BCUT2D eigenvalue weighted by Gasteiger charge is 2.16. The molecule has 0 saturated heterocycles. The van der Waals surface area contributed by atoms with Crippen LogP contribution in [0.3, 0.4) is 0 Å². The largest absolute Gasteiger partial charge is 0.336 e. The summed E-state index contributed by atoms with van der Waals surface area (Å²) in [6, 6.07) is 2.42. The van der Waals surface area contributed by atoms with E-state index in [1.54, 1.807) is 0 Å². The van der Waals surface area contributed by atoms with Crippen molar-refractivity contribution in [2.75, 3.05) is 7.05 Å². The van der Waals surface area contributed by atoms with Crippen molar-refractivity contribution in [1.29, 1.82) is 0 Å². The predicted octanol–water partition coefficient (Wildman–Crippen LogP) is 1.45. The molecule has 0 aliphatic rings. The Morgan fingerprint density at radius 3 is 2.78 bits per heavy atom. The van der Waals surface area contributed by atoms with Gasteiger partial charge in [-0.1, -0.05) is 0 Å². The summed E-state index contributed by atoms with van der Waals surface area (Å²) in [5.41, 5.74) is 3.53. The van der Waals surface area contributed by atoms with Gasteiger partial charge in [0.1, 0.15) is 0 Å². The average molecular weight is 247 g/mol. The number of rotatable bonds is 5. The first kappa shape index (κ1) is 12.8. The molecule has 0 fully saturated rings. The van der Waals surface area contributed by atoms with Gasteiger partial charge in [-0.15, -0.1) is 0 Å². The second-order valence-electron chi connectivity index (χ2n) is 4.57. The lowest BCUT2D eigenvalue weighted by atomic mass is 10.1. The molecular formula is C13H21N5. The van der Waals surface area contributed by atoms with Gasteiger partial charge in [0, 0.05) is 31.9 Å². The molecule has 2 aromatic rings. The van der Waals surface area contributed by atoms with E-state index < -0.39 is 0 Å². The van der Waals surface area contributed by atoms with Crippen LogP contribution in [0.25, 0.3) is 0 Å². The molecule has 2 heterocycles. The summed E-state index contributed by atoms with van der Waals surface area (Å²) in [6.45, 7) is 5.06. The molecular weight excluding hydrogens is 226 g/mol. The van der Waals surface area contributed by atoms with Crippen molar-refractivity contribution in [2.45, 2.75) is 32.9 Å². The van der Waals surface area contributed by atoms with Crippen molar-refractivity contribution in [1.82, 2.24) is 24.6 Å². The third-order valence-electron chi connectivity index (χ3n) is 3.26. The highest BCUT2D eigenvalue weighted by Crippen LogP contribution is 2.18. The molecule has 0 spiro atoms. The van der Waals surface area contributed by atoms with Crippen LogP contribution < -0.4 is 5.32 Å². The van der Waals surface area contributed by atoms with Crippen molar-refractivity contribution in [3.8, 4) is 0 Å². The first-order valence-corrected chi connectivity index (χ1v) is 6.32. The maximum absolute atomic E-state index is 4.49. The molecule has 5 heteroatoms. The van der Waals surface area contributed by atoms with E-state index in [1.807, 2.05) is 33.5 Å². The summed E-state index contributed by atoms with van der Waals surface area (Å²) in [5.74, 6) is 0. The molecule has 5 nitrogen and oxygen atoms in total. The molecule has 0 bridgehead atoms. The second-order valence-corrected chi connectivity index (χ2v) is 4.57. The summed E-state index contributed by atoms with van der Waals surface area (Å²) >= 11 is 0. The number of hydrogen-bond acceptors (Lipinski definition) is 3. The SMILES string of the molecule is CCn1nc(C)cc1CC(NC)c1cncn1C. The van der Waals surface area contributed by atoms with Gasteiger partial charge in [-0.2, -0.15) is 5.10 Å². The molecule has 2 aromatic heterocycles. The Morgan fingerprint density at radius 2 is 2.22 bits per heavy atom. The van der Waals surface area contributed by atoms with Crippen LogP contribution in [0.15, 0.2) is 18.6 Å². The summed E-state index contributed by atoms with van der Waals surface area (Å²) in [4.78, 5) is 4.18. The van der Waals surface area contributed by atoms with Crippen LogP contribution in [0.2, 0.25) is 0 Å². The van der Waals surface area contributed by atoms with Crippen LogP contribution in [0.1, 0.15) is 30.0 Å². The van der Waals surface area contributed by atoms with Crippen molar-refractivity contribution >= 4 is 0 Å². The maximum atomic E-state index is 4.49. The van der Waals surface area contributed by atoms with E-state index >= 15 is 0 Å². The Morgan fingerprint density at radius 1 is 1.44 bits per heavy atom. The smallest absolute Gasteiger partial charge is 0.0946 e. The summed E-state index contributed by atoms with van der Waals surface area (Å²) in [5, 5.41) is 7.84. The van der Waals surface area contributed by atoms with Crippen molar-refractivity contribution < 1.29 is 0 Å². The Kier molecular flexibility index (Phi) is 3.81. The van der Waals surface area contributed by atoms with Crippen molar-refractivity contribution in [2.24, 2.45) is 7.05 Å². The molecule has 1 N–H and O–H groups in total. The predicted molar refractivity (Wildman–Crippen MR) is 71.4 cm³/mol. The zero-order valence-corrected chi connectivity index (χ0v) is 11.5. The van der Waals surface area contributed by atoms with Crippen LogP contribution in [-0.2, 0) is 20.0 Å². The molecule has 0 radical (unpaired) electrons. The highest BCUT2D eigenvalue weighted by atomic mass is 15.3. The first-order valence-electron chi connectivity index (χ1n) is 6.32. The number of hydrogen-bond donors (Lipinski definition) is 1. The average Bonchev–Trinajstić information content (AvgIpc) is 2.92. The van der Waals surface area contributed by atoms with Gasteiger partial charge >= 0.3 is 0 Å². The van der Waals surface area contributed by atoms with E-state index in [1.165, 1.54) is 11.4 Å². The minimum Gasteiger partial charge on any atom is -0.336 e. The molecule has 98 valence electrons. The van der Waals surface area contributed by atoms with E-state index in [2.05, 4.69) is 37.6 Å². The third-order valence-corrected chi connectivity index (χ3v) is 3.26. The molecule has 0 saturated carbocycles. The van der Waals surface area contributed by atoms with E-state index in [4.69, 9.17) is 0 Å². The summed E-state index contributed by atoms with van der Waals surface area (Å²) in [6.07, 6.45) is 4.67. The molecule has 1 unspecified atom stereocenters. The normalized spacial score (nSPS) is 12.9. The van der Waals surface area contributed by atoms with Gasteiger partial charge in [-0.25, -0.2) is 4.98 Å². The van der Waals surface area contributed by atoms with E-state index in [-0.39, 0.29) is 6.04 Å². The minimum absolute atomic E-state index is 0.263. The lowest BCUT2D eigenvalue weighted by Crippen LogP contribution is -2.22. The quantitative estimate of drug-likeness (QED) is 0.870. The van der Waals surface area contributed by atoms with Gasteiger partial charge < -0.3 is 9.88 Å². The monoisotopic (exact) mass is 247 g/mol. The van der Waals surface area contributed by atoms with Gasteiger partial charge in [-0.05, 0) is 27.0 Å². The van der Waals surface area contributed by atoms with Gasteiger partial charge in [0.25, 0.3) is 0 Å². The molecule has 18 heavy (non-hydrogen) atoms. The Bertz CT molecular complexity index is 511. The van der Waals surface area contributed by atoms with E-state index in [9.17, 15) is 0 Å². The number of imidazole rings is 1. The summed E-state index contributed by atoms with van der Waals surface area (Å²) < 4.78 is 4.12. The Balaban J connectivity index is 2.23. The molecule has 2 rings (SSSR count). The van der Waals surface area contributed by atoms with E-state index in [0.29, 0.717) is 0 Å². The second kappa shape index (κ2) is 5.35. The molecule has 0 aromatic carbocycles. The maximum Gasteiger partial charge on any atom is 0.0946 e. The zero-order chi connectivity index (χ0) is 13.1. The fraction of sp³-hybridized carbons (Fsp3) is 0.538. The number of aromatic nitrogens is 4. The third kappa shape index (κ3) is 2.46. The van der Waals surface area contributed by atoms with Crippen molar-refractivity contribution in [3.05, 3.63) is 35.7 Å². The fourth-order valence-corrected chi connectivity index (χ4v) is 2.30. The lowest BCUT2D eigenvalue weighted by Gasteiger charge is -2.17. The number of likely N-dealkylation sites (N-methyl/N-ethyl adjacent to an activating group) is 1. The van der Waals surface area contributed by atoms with Gasteiger partial charge in [-0.3, -0.25) is 4.68 Å². The lowest BCUT2D eigenvalue weighted by molar-refractivity contribution is 0.519. The molecule has 0 aliphatic carbocycles. The molecule has 1 atom stereocenters. The van der Waals surface area contributed by atoms with Crippen LogP contribution in [0.4, 0.5) is 0 Å². The Hall–Kier alpha value is -1.62. The van der Waals surface area contributed by atoms with Gasteiger partial charge in [0.15, 0.2) is 0 Å². The van der Waals surface area contributed by atoms with E-state index in [0.717, 1.165) is 18.7 Å². The first-order chi connectivity index (χ1) is 8.65. The standard InChI is InChI=1S/C13H21N5/c1-5-18-11(6-10(2)16-18)7-12(14-3)13-8-15-9-17(13)4/h6,8-9,12,14H,5,7H2,1-4H3. The zero-order valence-electron chi connectivity index (χ0n) is 11.5. The molecule has 0 amide bonds. The van der Waals surface area contributed by atoms with Crippen LogP contribution >= 0.6 is 0 Å². The van der Waals surface area contributed by atoms with Gasteiger partial charge in [0.05, 0.1) is 23.8 Å². The van der Waals surface area contributed by atoms with Crippen LogP contribution in [0, 0.1) is 6.92 Å².